The second kappa shape index (κ2) is 15.3. The zero-order valence-corrected chi connectivity index (χ0v) is 14.4. The van der Waals surface area contributed by atoms with Gasteiger partial charge >= 0.3 is 0 Å². The van der Waals surface area contributed by atoms with Gasteiger partial charge in [-0.3, -0.25) is 0 Å². The molecule has 0 bridgehead atoms. The lowest BCUT2D eigenvalue weighted by molar-refractivity contribution is 0.513. The molecule has 0 heteroatoms. The normalized spacial score (nSPS) is 19.9. The van der Waals surface area contributed by atoms with E-state index < -0.39 is 0 Å². The molecule has 2 rings (SSSR count). The van der Waals surface area contributed by atoms with E-state index in [0.717, 1.165) is 11.8 Å². The Morgan fingerprint density at radius 2 is 1.37 bits per heavy atom. The Morgan fingerprint density at radius 1 is 0.842 bits per heavy atom. The van der Waals surface area contributed by atoms with Crippen LogP contribution in [-0.2, 0) is 6.42 Å². The molecule has 0 spiro atoms. The van der Waals surface area contributed by atoms with Crippen LogP contribution in [0.15, 0.2) is 30.3 Å². The average molecular weight is 264 g/mol. The number of hydrogen-bond donors (Lipinski definition) is 0. The third kappa shape index (κ3) is 9.76. The molecular formula is C19H36. The molecule has 0 radical (unpaired) electrons. The summed E-state index contributed by atoms with van der Waals surface area (Å²) in [5, 5.41) is 0. The monoisotopic (exact) mass is 264 g/mol. The van der Waals surface area contributed by atoms with E-state index in [4.69, 9.17) is 0 Å². The van der Waals surface area contributed by atoms with Crippen LogP contribution in [0, 0.1) is 11.8 Å². The highest BCUT2D eigenvalue weighted by Crippen LogP contribution is 2.32. The zero-order valence-electron chi connectivity index (χ0n) is 14.4. The van der Waals surface area contributed by atoms with Crippen molar-refractivity contribution in [2.24, 2.45) is 11.8 Å². The molecule has 1 fully saturated rings. The van der Waals surface area contributed by atoms with Gasteiger partial charge in [0.15, 0.2) is 0 Å². The molecule has 1 aliphatic carbocycles. The van der Waals surface area contributed by atoms with Crippen molar-refractivity contribution in [3.63, 3.8) is 0 Å². The fraction of sp³-hybridized carbons (Fsp3) is 0.684. The molecule has 2 unspecified atom stereocenters. The van der Waals surface area contributed by atoms with Crippen LogP contribution in [0.4, 0.5) is 0 Å². The second-order valence-electron chi connectivity index (χ2n) is 4.47. The third-order valence-electron chi connectivity index (χ3n) is 3.17. The highest BCUT2D eigenvalue weighted by Gasteiger charge is 2.20. The average Bonchev–Trinajstić information content (AvgIpc) is 2.92. The predicted molar refractivity (Wildman–Crippen MR) is 90.7 cm³/mol. The van der Waals surface area contributed by atoms with Gasteiger partial charge in [0.1, 0.15) is 0 Å². The van der Waals surface area contributed by atoms with Crippen LogP contribution in [0.1, 0.15) is 73.3 Å². The van der Waals surface area contributed by atoms with Gasteiger partial charge in [-0.05, 0) is 36.7 Å². The summed E-state index contributed by atoms with van der Waals surface area (Å²) in [5.74, 6) is 1.92. The molecule has 19 heavy (non-hydrogen) atoms. The largest absolute Gasteiger partial charge is 0.0683 e. The molecule has 0 aliphatic heterocycles. The number of rotatable bonds is 2. The Labute approximate surface area is 122 Å². The van der Waals surface area contributed by atoms with Gasteiger partial charge in [-0.15, -0.1) is 0 Å². The summed E-state index contributed by atoms with van der Waals surface area (Å²) in [6.45, 7) is 14.4. The molecule has 1 aliphatic rings. The quantitative estimate of drug-likeness (QED) is 0.554. The van der Waals surface area contributed by atoms with E-state index in [9.17, 15) is 0 Å². The van der Waals surface area contributed by atoms with Crippen molar-refractivity contribution in [3.05, 3.63) is 35.9 Å². The SMILES string of the molecule is CC.CC.CC.CC1CCC(Cc2ccccc2)C1. The maximum absolute atomic E-state index is 2.38. The molecule has 1 aromatic carbocycles. The van der Waals surface area contributed by atoms with Crippen LogP contribution in [0.2, 0.25) is 0 Å². The molecule has 2 atom stereocenters. The molecule has 0 nitrogen and oxygen atoms in total. The van der Waals surface area contributed by atoms with Crippen molar-refractivity contribution in [2.75, 3.05) is 0 Å². The van der Waals surface area contributed by atoms with Crippen LogP contribution in [-0.4, -0.2) is 0 Å². The van der Waals surface area contributed by atoms with Crippen LogP contribution in [0.5, 0.6) is 0 Å². The van der Waals surface area contributed by atoms with Gasteiger partial charge in [0.05, 0.1) is 0 Å². The molecular weight excluding hydrogens is 228 g/mol. The predicted octanol–water partition coefficient (Wildman–Crippen LogP) is 6.74. The first-order valence-corrected chi connectivity index (χ1v) is 8.38. The Bertz CT molecular complexity index is 250. The summed E-state index contributed by atoms with van der Waals surface area (Å²) < 4.78 is 0. The van der Waals surface area contributed by atoms with Crippen LogP contribution >= 0.6 is 0 Å². The second-order valence-corrected chi connectivity index (χ2v) is 4.47. The lowest BCUT2D eigenvalue weighted by Crippen LogP contribution is -1.99. The van der Waals surface area contributed by atoms with Gasteiger partial charge in [-0.1, -0.05) is 85.2 Å². The van der Waals surface area contributed by atoms with Gasteiger partial charge in [0.2, 0.25) is 0 Å². The van der Waals surface area contributed by atoms with Crippen molar-refractivity contribution in [3.8, 4) is 0 Å². The molecule has 0 N–H and O–H groups in total. The number of benzene rings is 1. The molecule has 0 saturated heterocycles. The molecule has 1 aromatic rings. The summed E-state index contributed by atoms with van der Waals surface area (Å²) in [6, 6.07) is 10.9. The molecule has 1 saturated carbocycles. The smallest absolute Gasteiger partial charge is 0.0250 e. The number of hydrogen-bond acceptors (Lipinski definition) is 0. The van der Waals surface area contributed by atoms with E-state index >= 15 is 0 Å². The molecule has 0 aromatic heterocycles. The topological polar surface area (TPSA) is 0 Å². The fourth-order valence-electron chi connectivity index (χ4n) is 2.46. The van der Waals surface area contributed by atoms with Gasteiger partial charge in [-0.25, -0.2) is 0 Å². The Kier molecular flexibility index (Phi) is 16.5. The van der Waals surface area contributed by atoms with Crippen LogP contribution in [0.3, 0.4) is 0 Å². The van der Waals surface area contributed by atoms with Crippen LogP contribution < -0.4 is 0 Å². The van der Waals surface area contributed by atoms with E-state index in [0.29, 0.717) is 0 Å². The third-order valence-corrected chi connectivity index (χ3v) is 3.17. The van der Waals surface area contributed by atoms with E-state index in [2.05, 4.69) is 37.3 Å². The minimum absolute atomic E-state index is 0.956. The Balaban J connectivity index is 0. The van der Waals surface area contributed by atoms with Crippen molar-refractivity contribution in [1.29, 1.82) is 0 Å². The van der Waals surface area contributed by atoms with Crippen LogP contribution in [0.25, 0.3) is 0 Å². The van der Waals surface area contributed by atoms with Gasteiger partial charge in [0.25, 0.3) is 0 Å². The summed E-state index contributed by atoms with van der Waals surface area (Å²) in [6.07, 6.45) is 5.62. The Morgan fingerprint density at radius 3 is 1.79 bits per heavy atom. The molecule has 0 amide bonds. The van der Waals surface area contributed by atoms with Gasteiger partial charge in [-0.2, -0.15) is 0 Å². The van der Waals surface area contributed by atoms with E-state index in [1.54, 1.807) is 0 Å². The fourth-order valence-corrected chi connectivity index (χ4v) is 2.46. The van der Waals surface area contributed by atoms with Gasteiger partial charge < -0.3 is 0 Å². The summed E-state index contributed by atoms with van der Waals surface area (Å²) >= 11 is 0. The first-order valence-electron chi connectivity index (χ1n) is 8.38. The first-order chi connectivity index (χ1) is 9.34. The van der Waals surface area contributed by atoms with E-state index in [1.165, 1.54) is 31.2 Å². The minimum atomic E-state index is 0.956. The summed E-state index contributed by atoms with van der Waals surface area (Å²) in [5.41, 5.74) is 1.52. The zero-order chi connectivity index (χ0) is 15.1. The maximum atomic E-state index is 2.38. The lowest BCUT2D eigenvalue weighted by Gasteiger charge is -2.08. The highest BCUT2D eigenvalue weighted by atomic mass is 14.3. The van der Waals surface area contributed by atoms with Crippen molar-refractivity contribution in [1.82, 2.24) is 0 Å². The summed E-state index contributed by atoms with van der Waals surface area (Å²) in [7, 11) is 0. The first kappa shape index (κ1) is 20.5. The standard InChI is InChI=1S/C13H18.3C2H6/c1-11-7-8-13(9-11)10-12-5-3-2-4-6-12;3*1-2/h2-6,11,13H,7-10H2,1H3;3*1-2H3. The van der Waals surface area contributed by atoms with Gasteiger partial charge in [0, 0.05) is 0 Å². The molecule has 112 valence electrons. The summed E-state index contributed by atoms with van der Waals surface area (Å²) in [4.78, 5) is 0. The van der Waals surface area contributed by atoms with E-state index in [-0.39, 0.29) is 0 Å². The maximum Gasteiger partial charge on any atom is -0.0250 e. The lowest BCUT2D eigenvalue weighted by atomic mass is 9.97. The van der Waals surface area contributed by atoms with Crippen molar-refractivity contribution < 1.29 is 0 Å². The van der Waals surface area contributed by atoms with Crippen molar-refractivity contribution >= 4 is 0 Å². The highest BCUT2D eigenvalue weighted by molar-refractivity contribution is 5.15. The molecule has 0 heterocycles. The van der Waals surface area contributed by atoms with E-state index in [1.807, 2.05) is 41.5 Å². The van der Waals surface area contributed by atoms with Crippen molar-refractivity contribution in [2.45, 2.75) is 74.1 Å². The Hall–Kier alpha value is -0.780. The minimum Gasteiger partial charge on any atom is -0.0683 e.